The van der Waals surface area contributed by atoms with Crippen LogP contribution in [0.3, 0.4) is 0 Å². The van der Waals surface area contributed by atoms with Crippen LogP contribution in [0.1, 0.15) is 48.9 Å². The molecule has 21 heavy (non-hydrogen) atoms. The molecule has 0 aromatic heterocycles. The van der Waals surface area contributed by atoms with Gasteiger partial charge < -0.3 is 15.7 Å². The van der Waals surface area contributed by atoms with E-state index < -0.39 is 11.4 Å². The molecule has 5 nitrogen and oxygen atoms in total. The third-order valence-corrected chi connectivity index (χ3v) is 4.69. The van der Waals surface area contributed by atoms with Crippen LogP contribution in [0.5, 0.6) is 0 Å². The van der Waals surface area contributed by atoms with E-state index in [9.17, 15) is 14.7 Å². The fraction of sp³-hybridized carbons (Fsp3) is 0.500. The number of hydrogen-bond acceptors (Lipinski definition) is 3. The molecule has 112 valence electrons. The SMILES string of the molecule is O=C(O)c1cccc2c1NCC1(CCCCCC1)C(=O)N2. The van der Waals surface area contributed by atoms with Crippen molar-refractivity contribution in [3.8, 4) is 0 Å². The molecule has 1 aromatic rings. The van der Waals surface area contributed by atoms with Crippen LogP contribution in [0.15, 0.2) is 18.2 Å². The molecule has 0 radical (unpaired) electrons. The summed E-state index contributed by atoms with van der Waals surface area (Å²) in [6, 6.07) is 4.98. The Hall–Kier alpha value is -2.04. The fourth-order valence-electron chi connectivity index (χ4n) is 3.43. The first-order valence-electron chi connectivity index (χ1n) is 7.54. The molecule has 1 saturated carbocycles. The molecule has 0 unspecified atom stereocenters. The van der Waals surface area contributed by atoms with Gasteiger partial charge in [0.2, 0.25) is 5.91 Å². The van der Waals surface area contributed by atoms with Gasteiger partial charge in [-0.25, -0.2) is 4.79 Å². The summed E-state index contributed by atoms with van der Waals surface area (Å²) < 4.78 is 0. The summed E-state index contributed by atoms with van der Waals surface area (Å²) in [7, 11) is 0. The Labute approximate surface area is 123 Å². The smallest absolute Gasteiger partial charge is 0.337 e. The Morgan fingerprint density at radius 3 is 2.52 bits per heavy atom. The molecule has 1 amide bonds. The normalized spacial score (nSPS) is 20.7. The maximum Gasteiger partial charge on any atom is 0.337 e. The van der Waals surface area contributed by atoms with E-state index in [1.165, 1.54) is 12.8 Å². The monoisotopic (exact) mass is 288 g/mol. The van der Waals surface area contributed by atoms with Gasteiger partial charge in [0.05, 0.1) is 22.4 Å². The molecular weight excluding hydrogens is 268 g/mol. The van der Waals surface area contributed by atoms with Crippen LogP contribution in [0.4, 0.5) is 11.4 Å². The molecule has 0 atom stereocenters. The van der Waals surface area contributed by atoms with Gasteiger partial charge in [-0.15, -0.1) is 0 Å². The number of amides is 1. The molecule has 1 aliphatic heterocycles. The first kappa shape index (κ1) is 13.9. The highest BCUT2D eigenvalue weighted by Gasteiger charge is 2.40. The standard InChI is InChI=1S/C16H20N2O3/c19-14(20)11-6-5-7-12-13(11)17-10-16(15(21)18-12)8-3-1-2-4-9-16/h5-7,17H,1-4,8-10H2,(H,18,21)(H,19,20). The molecule has 5 heteroatoms. The molecule has 3 N–H and O–H groups in total. The van der Waals surface area contributed by atoms with E-state index in [0.717, 1.165) is 25.7 Å². The number of hydrogen-bond donors (Lipinski definition) is 3. The summed E-state index contributed by atoms with van der Waals surface area (Å²) in [5.41, 5.74) is 0.893. The minimum absolute atomic E-state index is 0.0261. The number of para-hydroxylation sites is 1. The summed E-state index contributed by atoms with van der Waals surface area (Å²) in [5.74, 6) is -0.955. The molecular formula is C16H20N2O3. The summed E-state index contributed by atoms with van der Waals surface area (Å²) >= 11 is 0. The Morgan fingerprint density at radius 1 is 1.14 bits per heavy atom. The molecule has 1 heterocycles. The lowest BCUT2D eigenvalue weighted by Crippen LogP contribution is -2.39. The van der Waals surface area contributed by atoms with Gasteiger partial charge in [-0.05, 0) is 25.0 Å². The second-order valence-electron chi connectivity index (χ2n) is 6.04. The van der Waals surface area contributed by atoms with Crippen molar-refractivity contribution in [1.82, 2.24) is 0 Å². The van der Waals surface area contributed by atoms with Crippen molar-refractivity contribution in [2.24, 2.45) is 5.41 Å². The highest BCUT2D eigenvalue weighted by atomic mass is 16.4. The Kier molecular flexibility index (Phi) is 3.57. The lowest BCUT2D eigenvalue weighted by atomic mass is 9.79. The van der Waals surface area contributed by atoms with E-state index in [1.807, 2.05) is 0 Å². The number of benzene rings is 1. The number of carboxylic acid groups (broad SMARTS) is 1. The lowest BCUT2D eigenvalue weighted by molar-refractivity contribution is -0.125. The van der Waals surface area contributed by atoms with Gasteiger partial charge in [-0.3, -0.25) is 4.79 Å². The summed E-state index contributed by atoms with van der Waals surface area (Å²) in [5, 5.41) is 15.5. The van der Waals surface area contributed by atoms with Gasteiger partial charge in [0.25, 0.3) is 0 Å². The average Bonchev–Trinajstić information content (AvgIpc) is 2.78. The largest absolute Gasteiger partial charge is 0.478 e. The predicted molar refractivity (Wildman–Crippen MR) is 80.7 cm³/mol. The second-order valence-corrected chi connectivity index (χ2v) is 6.04. The number of rotatable bonds is 1. The van der Waals surface area contributed by atoms with Crippen molar-refractivity contribution in [3.63, 3.8) is 0 Å². The number of aromatic carboxylic acids is 1. The van der Waals surface area contributed by atoms with Gasteiger partial charge in [-0.2, -0.15) is 0 Å². The molecule has 1 fully saturated rings. The maximum atomic E-state index is 12.7. The second kappa shape index (κ2) is 5.39. The molecule has 2 aliphatic rings. The van der Waals surface area contributed by atoms with Gasteiger partial charge in [0.1, 0.15) is 0 Å². The summed E-state index contributed by atoms with van der Waals surface area (Å²) in [6.07, 6.45) is 6.17. The van der Waals surface area contributed by atoms with Crippen LogP contribution in [0, 0.1) is 5.41 Å². The Morgan fingerprint density at radius 2 is 1.86 bits per heavy atom. The van der Waals surface area contributed by atoms with E-state index in [2.05, 4.69) is 10.6 Å². The molecule has 1 aliphatic carbocycles. The average molecular weight is 288 g/mol. The van der Waals surface area contributed by atoms with Crippen LogP contribution >= 0.6 is 0 Å². The zero-order chi connectivity index (χ0) is 14.9. The van der Waals surface area contributed by atoms with Gasteiger partial charge in [0.15, 0.2) is 0 Å². The Balaban J connectivity index is 1.96. The first-order valence-corrected chi connectivity index (χ1v) is 7.54. The van der Waals surface area contributed by atoms with Crippen molar-refractivity contribution < 1.29 is 14.7 Å². The summed E-state index contributed by atoms with van der Waals surface area (Å²) in [6.45, 7) is 0.510. The van der Waals surface area contributed by atoms with Crippen molar-refractivity contribution in [3.05, 3.63) is 23.8 Å². The Bertz CT molecular complexity index is 575. The number of carboxylic acids is 1. The molecule has 1 spiro atoms. The van der Waals surface area contributed by atoms with E-state index in [0.29, 0.717) is 17.9 Å². The van der Waals surface area contributed by atoms with Gasteiger partial charge in [-0.1, -0.05) is 31.7 Å². The van der Waals surface area contributed by atoms with Crippen molar-refractivity contribution in [2.75, 3.05) is 17.2 Å². The lowest BCUT2D eigenvalue weighted by Gasteiger charge is -2.29. The van der Waals surface area contributed by atoms with Crippen molar-refractivity contribution in [2.45, 2.75) is 38.5 Å². The van der Waals surface area contributed by atoms with Crippen LogP contribution in [0.25, 0.3) is 0 Å². The van der Waals surface area contributed by atoms with E-state index in [4.69, 9.17) is 0 Å². The van der Waals surface area contributed by atoms with Crippen molar-refractivity contribution >= 4 is 23.3 Å². The third kappa shape index (κ3) is 2.48. The van der Waals surface area contributed by atoms with E-state index >= 15 is 0 Å². The number of carbonyl (C=O) groups is 2. The third-order valence-electron chi connectivity index (χ3n) is 4.69. The zero-order valence-corrected chi connectivity index (χ0v) is 11.9. The maximum absolute atomic E-state index is 12.7. The van der Waals surface area contributed by atoms with Crippen LogP contribution in [0.2, 0.25) is 0 Å². The summed E-state index contributed by atoms with van der Waals surface area (Å²) in [4.78, 5) is 24.0. The minimum Gasteiger partial charge on any atom is -0.478 e. The number of anilines is 2. The van der Waals surface area contributed by atoms with Gasteiger partial charge >= 0.3 is 5.97 Å². The zero-order valence-electron chi connectivity index (χ0n) is 11.9. The van der Waals surface area contributed by atoms with Crippen LogP contribution in [-0.4, -0.2) is 23.5 Å². The molecule has 0 saturated heterocycles. The molecule has 3 rings (SSSR count). The van der Waals surface area contributed by atoms with E-state index in [-0.39, 0.29) is 11.5 Å². The van der Waals surface area contributed by atoms with E-state index in [1.54, 1.807) is 18.2 Å². The fourth-order valence-corrected chi connectivity index (χ4v) is 3.43. The predicted octanol–water partition coefficient (Wildman–Crippen LogP) is 3.09. The minimum atomic E-state index is -0.981. The molecule has 1 aromatic carbocycles. The molecule has 0 bridgehead atoms. The van der Waals surface area contributed by atoms with Crippen molar-refractivity contribution in [1.29, 1.82) is 0 Å². The first-order chi connectivity index (χ1) is 10.1. The van der Waals surface area contributed by atoms with Gasteiger partial charge in [0, 0.05) is 6.54 Å². The number of nitrogens with one attached hydrogen (secondary N) is 2. The highest BCUT2D eigenvalue weighted by molar-refractivity contribution is 6.05. The van der Waals surface area contributed by atoms with Crippen LogP contribution < -0.4 is 10.6 Å². The number of carbonyl (C=O) groups excluding carboxylic acids is 1. The number of fused-ring (bicyclic) bond motifs is 1. The van der Waals surface area contributed by atoms with Crippen LogP contribution in [-0.2, 0) is 4.79 Å². The highest BCUT2D eigenvalue weighted by Crippen LogP contribution is 2.40. The topological polar surface area (TPSA) is 78.4 Å². The quantitative estimate of drug-likeness (QED) is 0.742.